The van der Waals surface area contributed by atoms with Crippen LogP contribution in [0.3, 0.4) is 0 Å². The van der Waals surface area contributed by atoms with Gasteiger partial charge in [-0.25, -0.2) is 0 Å². The van der Waals surface area contributed by atoms with Crippen molar-refractivity contribution in [2.75, 3.05) is 0 Å². The highest BCUT2D eigenvalue weighted by Gasteiger charge is 2.19. The average molecular weight is 366 g/mol. The molecular weight excluding hydrogens is 345 g/mol. The normalized spacial score (nSPS) is 13.2. The van der Waals surface area contributed by atoms with E-state index in [2.05, 4.69) is 11.4 Å². The van der Waals surface area contributed by atoms with Gasteiger partial charge in [0.2, 0.25) is 0 Å². The smallest absolute Gasteiger partial charge is 0.261 e. The van der Waals surface area contributed by atoms with Gasteiger partial charge in [-0.3, -0.25) is 4.79 Å². The van der Waals surface area contributed by atoms with Crippen molar-refractivity contribution in [3.63, 3.8) is 0 Å². The third-order valence-electron chi connectivity index (χ3n) is 3.67. The molecule has 1 N–H and O–H groups in total. The number of carbonyl (C=O) groups is 1. The number of hydrogen-bond donors (Lipinski definition) is 1. The van der Waals surface area contributed by atoms with Gasteiger partial charge in [0.05, 0.1) is 6.04 Å². The predicted molar refractivity (Wildman–Crippen MR) is 99.0 cm³/mol. The van der Waals surface area contributed by atoms with Crippen LogP contribution >= 0.6 is 23.2 Å². The minimum atomic E-state index is -0.611. The van der Waals surface area contributed by atoms with E-state index in [-0.39, 0.29) is 11.9 Å². The summed E-state index contributed by atoms with van der Waals surface area (Å²) in [6, 6.07) is 10.9. The van der Waals surface area contributed by atoms with Crippen molar-refractivity contribution >= 4 is 29.1 Å². The van der Waals surface area contributed by atoms with E-state index in [9.17, 15) is 4.79 Å². The van der Waals surface area contributed by atoms with Crippen molar-refractivity contribution < 1.29 is 9.53 Å². The van der Waals surface area contributed by atoms with Gasteiger partial charge in [-0.05, 0) is 68.7 Å². The lowest BCUT2D eigenvalue weighted by Crippen LogP contribution is -2.37. The van der Waals surface area contributed by atoms with Gasteiger partial charge in [-0.15, -0.1) is 0 Å². The van der Waals surface area contributed by atoms with Crippen molar-refractivity contribution in [2.45, 2.75) is 39.8 Å². The maximum Gasteiger partial charge on any atom is 0.261 e. The molecule has 0 saturated heterocycles. The number of halogens is 2. The quantitative estimate of drug-likeness (QED) is 0.784. The predicted octanol–water partition coefficient (Wildman–Crippen LogP) is 5.25. The first-order chi connectivity index (χ1) is 11.3. The first-order valence-corrected chi connectivity index (χ1v) is 8.52. The Morgan fingerprint density at radius 3 is 2.25 bits per heavy atom. The van der Waals surface area contributed by atoms with E-state index >= 15 is 0 Å². The third-order valence-corrected chi connectivity index (χ3v) is 4.23. The molecule has 0 saturated carbocycles. The van der Waals surface area contributed by atoms with Crippen molar-refractivity contribution in [3.05, 3.63) is 63.1 Å². The fourth-order valence-electron chi connectivity index (χ4n) is 2.52. The van der Waals surface area contributed by atoms with E-state index in [0.29, 0.717) is 15.8 Å². The van der Waals surface area contributed by atoms with Crippen LogP contribution in [0.2, 0.25) is 10.0 Å². The number of hydrogen-bond acceptors (Lipinski definition) is 2. The van der Waals surface area contributed by atoms with Crippen molar-refractivity contribution in [2.24, 2.45) is 0 Å². The Morgan fingerprint density at radius 2 is 1.67 bits per heavy atom. The molecule has 1 amide bonds. The number of rotatable bonds is 5. The van der Waals surface area contributed by atoms with Crippen molar-refractivity contribution in [1.82, 2.24) is 5.32 Å². The SMILES string of the molecule is Cc1cc(C)cc(O[C@H](C)C(=O)N[C@@H](C)c2ccc(Cl)cc2Cl)c1. The van der Waals surface area contributed by atoms with Gasteiger partial charge >= 0.3 is 0 Å². The monoisotopic (exact) mass is 365 g/mol. The zero-order valence-electron chi connectivity index (χ0n) is 14.2. The van der Waals surface area contributed by atoms with E-state index < -0.39 is 6.10 Å². The van der Waals surface area contributed by atoms with Gasteiger partial charge in [0, 0.05) is 10.0 Å². The van der Waals surface area contributed by atoms with Crippen molar-refractivity contribution in [1.29, 1.82) is 0 Å². The van der Waals surface area contributed by atoms with Gasteiger partial charge in [-0.2, -0.15) is 0 Å². The summed E-state index contributed by atoms with van der Waals surface area (Å²) in [5.41, 5.74) is 3.01. The van der Waals surface area contributed by atoms with Crippen LogP contribution in [-0.4, -0.2) is 12.0 Å². The highest BCUT2D eigenvalue weighted by atomic mass is 35.5. The van der Waals surface area contributed by atoms with Gasteiger partial charge in [0.1, 0.15) is 5.75 Å². The zero-order chi connectivity index (χ0) is 17.9. The minimum absolute atomic E-state index is 0.201. The van der Waals surface area contributed by atoms with Crippen LogP contribution in [0.15, 0.2) is 36.4 Å². The van der Waals surface area contributed by atoms with Gasteiger partial charge in [0.15, 0.2) is 6.10 Å². The van der Waals surface area contributed by atoms with Crippen LogP contribution < -0.4 is 10.1 Å². The molecule has 3 nitrogen and oxygen atoms in total. The maximum atomic E-state index is 12.4. The lowest BCUT2D eigenvalue weighted by atomic mass is 10.1. The van der Waals surface area contributed by atoms with Crippen LogP contribution in [-0.2, 0) is 4.79 Å². The minimum Gasteiger partial charge on any atom is -0.481 e. The Hall–Kier alpha value is -1.71. The number of amides is 1. The van der Waals surface area contributed by atoms with E-state index in [1.165, 1.54) is 0 Å². The average Bonchev–Trinajstić information content (AvgIpc) is 2.45. The second-order valence-electron chi connectivity index (χ2n) is 5.98. The van der Waals surface area contributed by atoms with E-state index in [1.807, 2.05) is 39.0 Å². The summed E-state index contributed by atoms with van der Waals surface area (Å²) in [5, 5.41) is 4.00. The molecule has 0 spiro atoms. The van der Waals surface area contributed by atoms with E-state index in [4.69, 9.17) is 27.9 Å². The third kappa shape index (κ3) is 4.89. The number of ether oxygens (including phenoxy) is 1. The number of carbonyl (C=O) groups excluding carboxylic acids is 1. The molecule has 0 aliphatic rings. The van der Waals surface area contributed by atoms with E-state index in [1.54, 1.807) is 19.1 Å². The van der Waals surface area contributed by atoms with Crippen LogP contribution in [0, 0.1) is 13.8 Å². The lowest BCUT2D eigenvalue weighted by molar-refractivity contribution is -0.127. The summed E-state index contributed by atoms with van der Waals surface area (Å²) in [6.07, 6.45) is -0.611. The molecule has 0 radical (unpaired) electrons. The fraction of sp³-hybridized carbons (Fsp3) is 0.316. The van der Waals surface area contributed by atoms with Crippen LogP contribution in [0.25, 0.3) is 0 Å². The Labute approximate surface area is 152 Å². The molecule has 5 heteroatoms. The van der Waals surface area contributed by atoms with Gasteiger partial charge < -0.3 is 10.1 Å². The molecule has 2 atom stereocenters. The van der Waals surface area contributed by atoms with Crippen molar-refractivity contribution in [3.8, 4) is 5.75 Å². The first-order valence-electron chi connectivity index (χ1n) is 7.76. The number of nitrogens with one attached hydrogen (secondary N) is 1. The van der Waals surface area contributed by atoms with Crippen LogP contribution in [0.5, 0.6) is 5.75 Å². The molecule has 0 aliphatic carbocycles. The second kappa shape index (κ2) is 7.91. The highest BCUT2D eigenvalue weighted by Crippen LogP contribution is 2.26. The number of aryl methyl sites for hydroxylation is 2. The summed E-state index contributed by atoms with van der Waals surface area (Å²) >= 11 is 12.1. The lowest BCUT2D eigenvalue weighted by Gasteiger charge is -2.20. The Morgan fingerprint density at radius 1 is 1.04 bits per heavy atom. The second-order valence-corrected chi connectivity index (χ2v) is 6.82. The molecule has 2 aromatic carbocycles. The Bertz CT molecular complexity index is 726. The standard InChI is InChI=1S/C19H21Cl2NO2/c1-11-7-12(2)9-16(8-11)24-14(4)19(23)22-13(3)17-6-5-15(20)10-18(17)21/h5-10,13-14H,1-4H3,(H,22,23)/t13-,14+/m0/s1. The topological polar surface area (TPSA) is 38.3 Å². The zero-order valence-corrected chi connectivity index (χ0v) is 15.7. The fourth-order valence-corrected chi connectivity index (χ4v) is 3.09. The molecule has 2 aromatic rings. The highest BCUT2D eigenvalue weighted by molar-refractivity contribution is 6.35. The van der Waals surface area contributed by atoms with Crippen LogP contribution in [0.4, 0.5) is 0 Å². The summed E-state index contributed by atoms with van der Waals surface area (Å²) in [4.78, 5) is 12.4. The van der Waals surface area contributed by atoms with Gasteiger partial charge in [-0.1, -0.05) is 35.3 Å². The molecule has 0 heterocycles. The molecular formula is C19H21Cl2NO2. The Balaban J connectivity index is 2.02. The summed E-state index contributed by atoms with van der Waals surface area (Å²) in [6.45, 7) is 7.59. The summed E-state index contributed by atoms with van der Waals surface area (Å²) in [7, 11) is 0. The number of benzene rings is 2. The molecule has 0 fully saturated rings. The maximum absolute atomic E-state index is 12.4. The molecule has 2 rings (SSSR count). The van der Waals surface area contributed by atoms with E-state index in [0.717, 1.165) is 16.7 Å². The molecule has 0 bridgehead atoms. The molecule has 24 heavy (non-hydrogen) atoms. The molecule has 0 aliphatic heterocycles. The summed E-state index contributed by atoms with van der Waals surface area (Å²) < 4.78 is 5.76. The Kier molecular flexibility index (Phi) is 6.14. The van der Waals surface area contributed by atoms with Crippen LogP contribution in [0.1, 0.15) is 36.6 Å². The summed E-state index contributed by atoms with van der Waals surface area (Å²) in [5.74, 6) is 0.486. The first kappa shape index (κ1) is 18.6. The molecule has 0 aromatic heterocycles. The van der Waals surface area contributed by atoms with Gasteiger partial charge in [0.25, 0.3) is 5.91 Å². The molecule has 0 unspecified atom stereocenters. The largest absolute Gasteiger partial charge is 0.481 e. The molecule has 128 valence electrons.